The molecule has 1 aromatic heterocycles. The van der Waals surface area contributed by atoms with Gasteiger partial charge in [-0.25, -0.2) is 9.59 Å². The maximum Gasteiger partial charge on any atom is 0.352 e. The van der Waals surface area contributed by atoms with Gasteiger partial charge in [-0.2, -0.15) is 0 Å². The summed E-state index contributed by atoms with van der Waals surface area (Å²) in [6, 6.07) is 1.23. The molecule has 23 heavy (non-hydrogen) atoms. The first-order valence-electron chi connectivity index (χ1n) is 8.18. The lowest BCUT2D eigenvalue weighted by Gasteiger charge is -2.43. The van der Waals surface area contributed by atoms with E-state index in [1.165, 1.54) is 18.7 Å². The Morgan fingerprint density at radius 3 is 2.65 bits per heavy atom. The minimum Gasteiger partial charge on any atom is -0.477 e. The van der Waals surface area contributed by atoms with Crippen molar-refractivity contribution in [1.29, 1.82) is 0 Å². The van der Waals surface area contributed by atoms with Crippen molar-refractivity contribution in [3.63, 3.8) is 0 Å². The third-order valence-corrected chi connectivity index (χ3v) is 5.06. The van der Waals surface area contributed by atoms with Gasteiger partial charge in [0.15, 0.2) is 0 Å². The summed E-state index contributed by atoms with van der Waals surface area (Å²) in [5.41, 5.74) is 0.569. The van der Waals surface area contributed by atoms with Crippen LogP contribution in [0.4, 0.5) is 10.5 Å². The highest BCUT2D eigenvalue weighted by molar-refractivity contribution is 5.92. The smallest absolute Gasteiger partial charge is 0.352 e. The molecule has 6 heteroatoms. The van der Waals surface area contributed by atoms with E-state index >= 15 is 0 Å². The molecule has 1 saturated carbocycles. The lowest BCUT2D eigenvalue weighted by Crippen LogP contribution is -2.50. The van der Waals surface area contributed by atoms with Crippen LogP contribution in [0.2, 0.25) is 0 Å². The van der Waals surface area contributed by atoms with Gasteiger partial charge >= 0.3 is 12.0 Å². The van der Waals surface area contributed by atoms with E-state index in [0.29, 0.717) is 17.5 Å². The summed E-state index contributed by atoms with van der Waals surface area (Å²) in [6.07, 6.45) is 4.75. The lowest BCUT2D eigenvalue weighted by molar-refractivity contribution is 0.0691. The number of aromatic amines is 1. The largest absolute Gasteiger partial charge is 0.477 e. The first kappa shape index (κ1) is 17.4. The number of carbonyl (C=O) groups excluding carboxylic acids is 1. The minimum absolute atomic E-state index is 0.0539. The number of hydrogen-bond donors (Lipinski definition) is 4. The van der Waals surface area contributed by atoms with Crippen LogP contribution in [-0.2, 0) is 0 Å². The molecule has 0 bridgehead atoms. The minimum atomic E-state index is -1.05. The maximum absolute atomic E-state index is 12.2. The summed E-state index contributed by atoms with van der Waals surface area (Å²) < 4.78 is 0. The Bertz CT molecular complexity index is 577. The van der Waals surface area contributed by atoms with Gasteiger partial charge in [0.05, 0.1) is 5.69 Å². The van der Waals surface area contributed by atoms with Crippen molar-refractivity contribution in [3.05, 3.63) is 18.0 Å². The average molecular weight is 321 g/mol. The molecule has 128 valence electrons. The second-order valence-electron chi connectivity index (χ2n) is 7.53. The molecule has 1 unspecified atom stereocenters. The molecule has 0 radical (unpaired) electrons. The first-order valence-corrected chi connectivity index (χ1v) is 8.18. The van der Waals surface area contributed by atoms with Crippen molar-refractivity contribution >= 4 is 17.7 Å². The van der Waals surface area contributed by atoms with Gasteiger partial charge in [-0.15, -0.1) is 0 Å². The highest BCUT2D eigenvalue weighted by Gasteiger charge is 2.38. The predicted molar refractivity (Wildman–Crippen MR) is 89.7 cm³/mol. The average Bonchev–Trinajstić information content (AvgIpc) is 2.89. The van der Waals surface area contributed by atoms with Crippen LogP contribution < -0.4 is 10.6 Å². The highest BCUT2D eigenvalue weighted by Crippen LogP contribution is 2.41. The second kappa shape index (κ2) is 6.64. The topological polar surface area (TPSA) is 94.2 Å². The number of rotatable bonds is 4. The summed E-state index contributed by atoms with van der Waals surface area (Å²) in [4.78, 5) is 25.7. The summed E-state index contributed by atoms with van der Waals surface area (Å²) in [5.74, 6) is 0.187. The van der Waals surface area contributed by atoms with Crippen molar-refractivity contribution in [2.24, 2.45) is 17.3 Å². The summed E-state index contributed by atoms with van der Waals surface area (Å²) in [6.45, 7) is 8.83. The Kier molecular flexibility index (Phi) is 5.02. The van der Waals surface area contributed by atoms with Crippen molar-refractivity contribution in [3.8, 4) is 0 Å². The van der Waals surface area contributed by atoms with Crippen molar-refractivity contribution in [2.75, 3.05) is 5.32 Å². The molecular formula is C17H27N3O3. The normalized spacial score (nSPS) is 23.5. The zero-order valence-electron chi connectivity index (χ0n) is 14.3. The number of anilines is 1. The molecule has 1 aliphatic rings. The van der Waals surface area contributed by atoms with Crippen LogP contribution in [0.25, 0.3) is 0 Å². The van der Waals surface area contributed by atoms with E-state index in [2.05, 4.69) is 43.3 Å². The zero-order valence-corrected chi connectivity index (χ0v) is 14.3. The Labute approximate surface area is 137 Å². The van der Waals surface area contributed by atoms with Gasteiger partial charge in [-0.05, 0) is 42.6 Å². The Balaban J connectivity index is 1.97. The molecule has 0 aliphatic heterocycles. The van der Waals surface area contributed by atoms with Crippen LogP contribution in [0, 0.1) is 17.3 Å². The number of carboxylic acid groups (broad SMARTS) is 1. The second-order valence-corrected chi connectivity index (χ2v) is 7.53. The summed E-state index contributed by atoms with van der Waals surface area (Å²) in [7, 11) is 0. The van der Waals surface area contributed by atoms with E-state index in [1.807, 2.05) is 0 Å². The number of aromatic nitrogens is 1. The van der Waals surface area contributed by atoms with Crippen LogP contribution in [-0.4, -0.2) is 28.1 Å². The van der Waals surface area contributed by atoms with E-state index in [4.69, 9.17) is 5.11 Å². The van der Waals surface area contributed by atoms with Gasteiger partial charge in [0.1, 0.15) is 5.69 Å². The lowest BCUT2D eigenvalue weighted by atomic mass is 9.67. The molecule has 2 atom stereocenters. The fourth-order valence-electron chi connectivity index (χ4n) is 3.25. The molecule has 2 rings (SSSR count). The van der Waals surface area contributed by atoms with Gasteiger partial charge in [0.25, 0.3) is 0 Å². The van der Waals surface area contributed by atoms with Gasteiger partial charge in [-0.3, -0.25) is 0 Å². The number of hydrogen-bond acceptors (Lipinski definition) is 2. The van der Waals surface area contributed by atoms with Gasteiger partial charge < -0.3 is 20.7 Å². The van der Waals surface area contributed by atoms with Crippen molar-refractivity contribution < 1.29 is 14.7 Å². The number of amides is 2. The number of carbonyl (C=O) groups is 2. The Hall–Kier alpha value is -1.98. The first-order chi connectivity index (χ1) is 10.7. The molecule has 2 amide bonds. The maximum atomic E-state index is 12.2. The molecule has 1 fully saturated rings. The highest BCUT2D eigenvalue weighted by atomic mass is 16.4. The Morgan fingerprint density at radius 1 is 1.39 bits per heavy atom. The van der Waals surface area contributed by atoms with E-state index < -0.39 is 5.97 Å². The molecule has 0 aromatic carbocycles. The van der Waals surface area contributed by atoms with Crippen molar-refractivity contribution in [1.82, 2.24) is 10.3 Å². The molecule has 4 N–H and O–H groups in total. The molecule has 1 aliphatic carbocycles. The number of aromatic carboxylic acids is 1. The Morgan fingerprint density at radius 2 is 2.09 bits per heavy atom. The molecule has 0 spiro atoms. The molecule has 1 aromatic rings. The molecular weight excluding hydrogens is 294 g/mol. The third kappa shape index (κ3) is 4.27. The quantitative estimate of drug-likeness (QED) is 0.681. The number of urea groups is 1. The van der Waals surface area contributed by atoms with Crippen LogP contribution >= 0.6 is 0 Å². The summed E-state index contributed by atoms with van der Waals surface area (Å²) >= 11 is 0. The molecule has 0 saturated heterocycles. The third-order valence-electron chi connectivity index (χ3n) is 5.06. The van der Waals surface area contributed by atoms with Gasteiger partial charge in [0.2, 0.25) is 0 Å². The van der Waals surface area contributed by atoms with Gasteiger partial charge in [0, 0.05) is 12.2 Å². The number of nitrogens with one attached hydrogen (secondary N) is 3. The SMILES string of the molecule is CC(C)[C@@H]1CCC(C)(C)C(NC(=O)Nc2c[nH]c(C(=O)O)c2)C1. The standard InChI is InChI=1S/C17H27N3O3/c1-10(2)11-5-6-17(3,4)14(7-11)20-16(23)19-12-8-13(15(21)22)18-9-12/h8-11,14,18H,5-7H2,1-4H3,(H,21,22)(H2,19,20,23)/t11-,14?/m1/s1. The molecule has 1 heterocycles. The fraction of sp³-hybridized carbons (Fsp3) is 0.647. The van der Waals surface area contributed by atoms with Crippen molar-refractivity contribution in [2.45, 2.75) is 53.0 Å². The van der Waals surface area contributed by atoms with E-state index in [9.17, 15) is 9.59 Å². The van der Waals surface area contributed by atoms with Gasteiger partial charge in [-0.1, -0.05) is 27.7 Å². The predicted octanol–water partition coefficient (Wildman–Crippen LogP) is 3.69. The van der Waals surface area contributed by atoms with Crippen LogP contribution in [0.15, 0.2) is 12.3 Å². The number of carboxylic acids is 1. The number of H-pyrrole nitrogens is 1. The van der Waals surface area contributed by atoms with Crippen LogP contribution in [0.1, 0.15) is 57.4 Å². The van der Waals surface area contributed by atoms with E-state index in [-0.39, 0.29) is 23.2 Å². The summed E-state index contributed by atoms with van der Waals surface area (Å²) in [5, 5.41) is 14.7. The van der Waals surface area contributed by atoms with Crippen LogP contribution in [0.3, 0.4) is 0 Å². The fourth-order valence-corrected chi connectivity index (χ4v) is 3.25. The molecule has 6 nitrogen and oxygen atoms in total. The van der Waals surface area contributed by atoms with E-state index in [1.54, 1.807) is 0 Å². The zero-order chi connectivity index (χ0) is 17.2. The van der Waals surface area contributed by atoms with Crippen LogP contribution in [0.5, 0.6) is 0 Å². The van der Waals surface area contributed by atoms with E-state index in [0.717, 1.165) is 12.8 Å². The monoisotopic (exact) mass is 321 g/mol.